The van der Waals surface area contributed by atoms with Crippen LogP contribution in [0.4, 0.5) is 13.2 Å². The first-order chi connectivity index (χ1) is 8.22. The summed E-state index contributed by atoms with van der Waals surface area (Å²) >= 11 is 0. The maximum atomic E-state index is 12.5. The van der Waals surface area contributed by atoms with Crippen LogP contribution in [0.1, 0.15) is 10.6 Å². The predicted octanol–water partition coefficient (Wildman–Crippen LogP) is 0.433. The molecular formula is C9H8F3NO5. The number of halogens is 3. The van der Waals surface area contributed by atoms with Gasteiger partial charge in [-0.1, -0.05) is 0 Å². The van der Waals surface area contributed by atoms with Crippen molar-refractivity contribution in [1.82, 2.24) is 5.32 Å². The van der Waals surface area contributed by atoms with Crippen molar-refractivity contribution in [3.05, 3.63) is 24.2 Å². The highest BCUT2D eigenvalue weighted by atomic mass is 19.4. The molecule has 0 unspecified atom stereocenters. The number of carbonyl (C=O) groups is 2. The molecule has 0 spiro atoms. The molecule has 0 aromatic carbocycles. The number of amides is 1. The first-order valence-electron chi connectivity index (χ1n) is 4.46. The lowest BCUT2D eigenvalue weighted by atomic mass is 10.2. The van der Waals surface area contributed by atoms with E-state index in [4.69, 9.17) is 0 Å². The van der Waals surface area contributed by atoms with Crippen LogP contribution in [0.2, 0.25) is 0 Å². The quantitative estimate of drug-likeness (QED) is 0.612. The second-order valence-electron chi connectivity index (χ2n) is 3.13. The van der Waals surface area contributed by atoms with Gasteiger partial charge in [-0.3, -0.25) is 4.79 Å². The molecule has 0 saturated carbocycles. The van der Waals surface area contributed by atoms with Gasteiger partial charge < -0.3 is 19.6 Å². The number of rotatable bonds is 3. The fourth-order valence-electron chi connectivity index (χ4n) is 1.02. The van der Waals surface area contributed by atoms with Gasteiger partial charge in [0, 0.05) is 0 Å². The van der Waals surface area contributed by atoms with Crippen LogP contribution in [0.3, 0.4) is 0 Å². The first kappa shape index (κ1) is 14.0. The van der Waals surface area contributed by atoms with Crippen molar-refractivity contribution in [2.24, 2.45) is 0 Å². The van der Waals surface area contributed by atoms with E-state index in [0.717, 1.165) is 17.6 Å². The van der Waals surface area contributed by atoms with Crippen LogP contribution in [0.25, 0.3) is 0 Å². The van der Waals surface area contributed by atoms with Gasteiger partial charge in [0.1, 0.15) is 0 Å². The molecule has 9 heteroatoms. The standard InChI is InChI=1S/C9H8F3NO5/c1-17-7(15)8(16,9(10,11)12)13-6(14)5-3-2-4-18-5/h2-4,16H,1H3,(H,13,14)/t8-/m0/s1. The van der Waals surface area contributed by atoms with Crippen molar-refractivity contribution >= 4 is 11.9 Å². The van der Waals surface area contributed by atoms with Crippen LogP contribution in [-0.2, 0) is 9.53 Å². The third-order valence-corrected chi connectivity index (χ3v) is 1.93. The summed E-state index contributed by atoms with van der Waals surface area (Å²) in [5, 5.41) is 10.3. The van der Waals surface area contributed by atoms with Gasteiger partial charge in [0.25, 0.3) is 5.91 Å². The maximum Gasteiger partial charge on any atom is 0.448 e. The van der Waals surface area contributed by atoms with Gasteiger partial charge >= 0.3 is 17.9 Å². The van der Waals surface area contributed by atoms with E-state index in [-0.39, 0.29) is 0 Å². The fraction of sp³-hybridized carbons (Fsp3) is 0.333. The van der Waals surface area contributed by atoms with Crippen molar-refractivity contribution < 1.29 is 37.0 Å². The summed E-state index contributed by atoms with van der Waals surface area (Å²) in [7, 11) is 0.637. The molecule has 100 valence electrons. The molecule has 0 fully saturated rings. The SMILES string of the molecule is COC(=O)[C@@](O)(NC(=O)c1ccco1)C(F)(F)F. The number of furan rings is 1. The average Bonchev–Trinajstić information content (AvgIpc) is 2.79. The van der Waals surface area contributed by atoms with Crippen LogP contribution >= 0.6 is 0 Å². The van der Waals surface area contributed by atoms with E-state index in [1.54, 1.807) is 0 Å². The van der Waals surface area contributed by atoms with E-state index in [0.29, 0.717) is 7.11 Å². The highest BCUT2D eigenvalue weighted by molar-refractivity contribution is 5.95. The van der Waals surface area contributed by atoms with E-state index in [2.05, 4.69) is 9.15 Å². The minimum atomic E-state index is -5.44. The highest BCUT2D eigenvalue weighted by Crippen LogP contribution is 2.29. The summed E-state index contributed by atoms with van der Waals surface area (Å²) in [5.74, 6) is -3.97. The third kappa shape index (κ3) is 2.45. The van der Waals surface area contributed by atoms with E-state index in [9.17, 15) is 27.9 Å². The van der Waals surface area contributed by atoms with Crippen LogP contribution in [0.15, 0.2) is 22.8 Å². The average molecular weight is 267 g/mol. The summed E-state index contributed by atoms with van der Waals surface area (Å²) in [5.41, 5.74) is -4.13. The maximum absolute atomic E-state index is 12.5. The van der Waals surface area contributed by atoms with Gasteiger partial charge in [-0.05, 0) is 12.1 Å². The monoisotopic (exact) mass is 267 g/mol. The van der Waals surface area contributed by atoms with Gasteiger partial charge in [0.2, 0.25) is 0 Å². The molecule has 0 aliphatic carbocycles. The molecule has 2 N–H and O–H groups in total. The Morgan fingerprint density at radius 2 is 2.06 bits per heavy atom. The molecule has 0 radical (unpaired) electrons. The lowest BCUT2D eigenvalue weighted by molar-refractivity contribution is -0.268. The number of alkyl halides is 3. The minimum absolute atomic E-state index is 0.499. The van der Waals surface area contributed by atoms with Crippen LogP contribution in [-0.4, -0.2) is 36.0 Å². The van der Waals surface area contributed by atoms with Crippen LogP contribution in [0.5, 0.6) is 0 Å². The summed E-state index contributed by atoms with van der Waals surface area (Å²) in [6, 6.07) is 2.31. The zero-order valence-electron chi connectivity index (χ0n) is 8.95. The molecule has 0 bridgehead atoms. The Balaban J connectivity index is 3.00. The molecule has 1 rings (SSSR count). The second kappa shape index (κ2) is 4.69. The molecule has 6 nitrogen and oxygen atoms in total. The van der Waals surface area contributed by atoms with Gasteiger partial charge in [-0.25, -0.2) is 4.79 Å². The Kier molecular flexibility index (Phi) is 3.65. The Morgan fingerprint density at radius 1 is 1.44 bits per heavy atom. The number of carbonyl (C=O) groups excluding carboxylic acids is 2. The number of methoxy groups -OCH3 is 1. The summed E-state index contributed by atoms with van der Waals surface area (Å²) in [4.78, 5) is 22.3. The zero-order chi connectivity index (χ0) is 14.0. The van der Waals surface area contributed by atoms with Crippen LogP contribution < -0.4 is 5.32 Å². The molecule has 0 aliphatic rings. The molecule has 1 heterocycles. The molecule has 1 aromatic rings. The van der Waals surface area contributed by atoms with Crippen molar-refractivity contribution in [2.45, 2.75) is 11.9 Å². The summed E-state index contributed by atoms with van der Waals surface area (Å²) < 4.78 is 46.0. The van der Waals surface area contributed by atoms with E-state index in [1.807, 2.05) is 0 Å². The van der Waals surface area contributed by atoms with Crippen molar-refractivity contribution in [2.75, 3.05) is 7.11 Å². The van der Waals surface area contributed by atoms with Gasteiger partial charge in [0.05, 0.1) is 13.4 Å². The Hall–Kier alpha value is -2.03. The second-order valence-corrected chi connectivity index (χ2v) is 3.13. The van der Waals surface area contributed by atoms with E-state index in [1.165, 1.54) is 6.07 Å². The highest BCUT2D eigenvalue weighted by Gasteiger charge is 2.62. The molecule has 1 aromatic heterocycles. The minimum Gasteiger partial charge on any atom is -0.465 e. The molecular weight excluding hydrogens is 259 g/mol. The Labute approximate surface area is 98.3 Å². The fourth-order valence-corrected chi connectivity index (χ4v) is 1.02. The number of esters is 1. The normalized spacial score (nSPS) is 14.7. The lowest BCUT2D eigenvalue weighted by Gasteiger charge is -2.27. The third-order valence-electron chi connectivity index (χ3n) is 1.93. The van der Waals surface area contributed by atoms with Crippen molar-refractivity contribution in [3.63, 3.8) is 0 Å². The number of aliphatic hydroxyl groups is 1. The summed E-state index contributed by atoms with van der Waals surface area (Å²) in [6.45, 7) is 0. The Bertz CT molecular complexity index is 442. The van der Waals surface area contributed by atoms with Gasteiger partial charge in [0.15, 0.2) is 5.76 Å². The largest absolute Gasteiger partial charge is 0.465 e. The van der Waals surface area contributed by atoms with E-state index < -0.39 is 29.5 Å². The van der Waals surface area contributed by atoms with Gasteiger partial charge in [-0.15, -0.1) is 0 Å². The first-order valence-corrected chi connectivity index (χ1v) is 4.46. The molecule has 0 saturated heterocycles. The lowest BCUT2D eigenvalue weighted by Crippen LogP contribution is -2.64. The number of ether oxygens (including phenoxy) is 1. The van der Waals surface area contributed by atoms with Crippen LogP contribution in [0, 0.1) is 0 Å². The molecule has 0 aliphatic heterocycles. The van der Waals surface area contributed by atoms with Crippen molar-refractivity contribution in [1.29, 1.82) is 0 Å². The van der Waals surface area contributed by atoms with E-state index >= 15 is 0 Å². The van der Waals surface area contributed by atoms with Crippen molar-refractivity contribution in [3.8, 4) is 0 Å². The number of nitrogens with one attached hydrogen (secondary N) is 1. The predicted molar refractivity (Wildman–Crippen MR) is 49.2 cm³/mol. The summed E-state index contributed by atoms with van der Waals surface area (Å²) in [6.07, 6.45) is -4.40. The van der Waals surface area contributed by atoms with Gasteiger partial charge in [-0.2, -0.15) is 13.2 Å². The molecule has 1 amide bonds. The molecule has 18 heavy (non-hydrogen) atoms. The molecule has 1 atom stereocenters. The number of hydrogen-bond donors (Lipinski definition) is 2. The Morgan fingerprint density at radius 3 is 2.44 bits per heavy atom. The topological polar surface area (TPSA) is 88.8 Å². The smallest absolute Gasteiger partial charge is 0.448 e. The number of hydrogen-bond acceptors (Lipinski definition) is 5. The zero-order valence-corrected chi connectivity index (χ0v) is 8.95.